The van der Waals surface area contributed by atoms with E-state index in [1.54, 1.807) is 6.20 Å². The van der Waals surface area contributed by atoms with Crippen molar-refractivity contribution in [2.45, 2.75) is 6.42 Å². The van der Waals surface area contributed by atoms with Gasteiger partial charge >= 0.3 is 0 Å². The van der Waals surface area contributed by atoms with Crippen LogP contribution >= 0.6 is 22.9 Å². The number of benzene rings is 1. The Labute approximate surface area is 96.5 Å². The molecule has 0 fully saturated rings. The molecule has 0 aliphatic heterocycles. The fourth-order valence-corrected chi connectivity index (χ4v) is 2.28. The van der Waals surface area contributed by atoms with Crippen LogP contribution in [0, 0.1) is 0 Å². The van der Waals surface area contributed by atoms with E-state index >= 15 is 0 Å². The normalized spacial score (nSPS) is 10.2. The van der Waals surface area contributed by atoms with Gasteiger partial charge in [-0.3, -0.25) is 0 Å². The molecule has 76 valence electrons. The van der Waals surface area contributed by atoms with Gasteiger partial charge in [-0.1, -0.05) is 23.7 Å². The summed E-state index contributed by atoms with van der Waals surface area (Å²) in [6.45, 7) is 0. The lowest BCUT2D eigenvalue weighted by Crippen LogP contribution is -1.76. The standard InChI is InChI=1S/C11H8ClNOS/c12-9-3-1-2-8(6-9)11-13-7-10(15-11)4-5-14/h1-3,5-7H,4H2. The summed E-state index contributed by atoms with van der Waals surface area (Å²) in [7, 11) is 0. The maximum atomic E-state index is 10.3. The van der Waals surface area contributed by atoms with Gasteiger partial charge in [-0.05, 0) is 12.1 Å². The second-order valence-electron chi connectivity index (χ2n) is 3.01. The smallest absolute Gasteiger partial charge is 0.125 e. The lowest BCUT2D eigenvalue weighted by molar-refractivity contribution is -0.107. The molecule has 1 heterocycles. The van der Waals surface area contributed by atoms with Crippen molar-refractivity contribution in [3.05, 3.63) is 40.4 Å². The molecule has 0 spiro atoms. The minimum atomic E-state index is 0.429. The molecule has 0 bridgehead atoms. The number of aldehydes is 1. The lowest BCUT2D eigenvalue weighted by atomic mass is 10.2. The van der Waals surface area contributed by atoms with E-state index in [0.717, 1.165) is 21.7 Å². The van der Waals surface area contributed by atoms with Crippen LogP contribution in [-0.2, 0) is 11.2 Å². The molecular formula is C11H8ClNOS. The summed E-state index contributed by atoms with van der Waals surface area (Å²) in [6.07, 6.45) is 3.04. The minimum Gasteiger partial charge on any atom is -0.303 e. The quantitative estimate of drug-likeness (QED) is 0.768. The summed E-state index contributed by atoms with van der Waals surface area (Å²) in [5.74, 6) is 0. The molecule has 2 rings (SSSR count). The Balaban J connectivity index is 2.32. The third-order valence-electron chi connectivity index (χ3n) is 1.91. The highest BCUT2D eigenvalue weighted by atomic mass is 35.5. The van der Waals surface area contributed by atoms with E-state index < -0.39 is 0 Å². The van der Waals surface area contributed by atoms with Gasteiger partial charge in [0.15, 0.2) is 0 Å². The molecule has 4 heteroatoms. The highest BCUT2D eigenvalue weighted by Crippen LogP contribution is 2.26. The van der Waals surface area contributed by atoms with Gasteiger partial charge in [0.25, 0.3) is 0 Å². The number of aromatic nitrogens is 1. The van der Waals surface area contributed by atoms with Gasteiger partial charge in [-0.2, -0.15) is 0 Å². The number of carbonyl (C=O) groups is 1. The van der Waals surface area contributed by atoms with Gasteiger partial charge in [0.05, 0.1) is 0 Å². The molecule has 0 N–H and O–H groups in total. The molecule has 2 aromatic rings. The summed E-state index contributed by atoms with van der Waals surface area (Å²) >= 11 is 7.40. The molecule has 0 amide bonds. The van der Waals surface area contributed by atoms with Crippen molar-refractivity contribution in [2.75, 3.05) is 0 Å². The predicted octanol–water partition coefficient (Wildman–Crippen LogP) is 3.20. The van der Waals surface area contributed by atoms with Gasteiger partial charge in [0.1, 0.15) is 11.3 Å². The van der Waals surface area contributed by atoms with E-state index in [-0.39, 0.29) is 0 Å². The number of halogens is 1. The molecule has 0 unspecified atom stereocenters. The summed E-state index contributed by atoms with van der Waals surface area (Å²) < 4.78 is 0. The van der Waals surface area contributed by atoms with Crippen LogP contribution in [0.25, 0.3) is 10.6 Å². The molecule has 0 saturated carbocycles. The van der Waals surface area contributed by atoms with Crippen LogP contribution in [0.3, 0.4) is 0 Å². The molecule has 0 aliphatic carbocycles. The van der Waals surface area contributed by atoms with Crippen molar-refractivity contribution >= 4 is 29.2 Å². The van der Waals surface area contributed by atoms with Crippen molar-refractivity contribution in [3.8, 4) is 10.6 Å². The first-order valence-electron chi connectivity index (χ1n) is 4.44. The number of hydrogen-bond donors (Lipinski definition) is 0. The Morgan fingerprint density at radius 1 is 1.47 bits per heavy atom. The maximum absolute atomic E-state index is 10.3. The van der Waals surface area contributed by atoms with Crippen LogP contribution in [0.2, 0.25) is 5.02 Å². The first-order chi connectivity index (χ1) is 7.29. The molecule has 1 aromatic heterocycles. The van der Waals surface area contributed by atoms with Crippen LogP contribution in [0.15, 0.2) is 30.5 Å². The summed E-state index contributed by atoms with van der Waals surface area (Å²) in [4.78, 5) is 15.6. The molecule has 1 aromatic carbocycles. The van der Waals surface area contributed by atoms with Gasteiger partial charge in [-0.25, -0.2) is 4.98 Å². The van der Waals surface area contributed by atoms with Crippen molar-refractivity contribution in [2.24, 2.45) is 0 Å². The molecule has 15 heavy (non-hydrogen) atoms. The van der Waals surface area contributed by atoms with Gasteiger partial charge in [-0.15, -0.1) is 11.3 Å². The number of hydrogen-bond acceptors (Lipinski definition) is 3. The highest BCUT2D eigenvalue weighted by molar-refractivity contribution is 7.15. The Morgan fingerprint density at radius 3 is 3.07 bits per heavy atom. The average molecular weight is 238 g/mol. The fraction of sp³-hybridized carbons (Fsp3) is 0.0909. The van der Waals surface area contributed by atoms with Crippen molar-refractivity contribution < 1.29 is 4.79 Å². The third kappa shape index (κ3) is 2.43. The van der Waals surface area contributed by atoms with E-state index in [9.17, 15) is 4.79 Å². The number of nitrogens with zero attached hydrogens (tertiary/aromatic N) is 1. The second kappa shape index (κ2) is 4.55. The van der Waals surface area contributed by atoms with Crippen LogP contribution in [-0.4, -0.2) is 11.3 Å². The monoisotopic (exact) mass is 237 g/mol. The molecule has 2 nitrogen and oxygen atoms in total. The first-order valence-corrected chi connectivity index (χ1v) is 5.63. The van der Waals surface area contributed by atoms with Crippen LogP contribution in [0.4, 0.5) is 0 Å². The summed E-state index contributed by atoms with van der Waals surface area (Å²) in [5, 5.41) is 1.59. The molecule has 0 saturated heterocycles. The van der Waals surface area contributed by atoms with Crippen LogP contribution < -0.4 is 0 Å². The van der Waals surface area contributed by atoms with Gasteiger partial charge < -0.3 is 4.79 Å². The van der Waals surface area contributed by atoms with Gasteiger partial charge in [0.2, 0.25) is 0 Å². The highest BCUT2D eigenvalue weighted by Gasteiger charge is 2.04. The fourth-order valence-electron chi connectivity index (χ4n) is 1.24. The van der Waals surface area contributed by atoms with E-state index in [2.05, 4.69) is 4.98 Å². The van der Waals surface area contributed by atoms with Crippen LogP contribution in [0.1, 0.15) is 4.88 Å². The lowest BCUT2D eigenvalue weighted by Gasteiger charge is -1.95. The second-order valence-corrected chi connectivity index (χ2v) is 4.56. The number of rotatable bonds is 3. The zero-order valence-electron chi connectivity index (χ0n) is 7.81. The Morgan fingerprint density at radius 2 is 2.33 bits per heavy atom. The van der Waals surface area contributed by atoms with E-state index in [4.69, 9.17) is 11.6 Å². The number of carbonyl (C=O) groups excluding carboxylic acids is 1. The Hall–Kier alpha value is -1.19. The minimum absolute atomic E-state index is 0.429. The topological polar surface area (TPSA) is 30.0 Å². The average Bonchev–Trinajstić information content (AvgIpc) is 2.67. The predicted molar refractivity (Wildman–Crippen MR) is 62.3 cm³/mol. The Kier molecular flexibility index (Phi) is 3.14. The van der Waals surface area contributed by atoms with Crippen LogP contribution in [0.5, 0.6) is 0 Å². The zero-order valence-corrected chi connectivity index (χ0v) is 9.39. The number of thiazole rings is 1. The summed E-state index contributed by atoms with van der Waals surface area (Å²) in [6, 6.07) is 7.53. The van der Waals surface area contributed by atoms with E-state index in [0.29, 0.717) is 11.4 Å². The Bertz CT molecular complexity index is 481. The maximum Gasteiger partial charge on any atom is 0.125 e. The molecular weight excluding hydrogens is 230 g/mol. The molecule has 0 radical (unpaired) electrons. The third-order valence-corrected chi connectivity index (χ3v) is 3.21. The molecule has 0 aliphatic rings. The summed E-state index contributed by atoms with van der Waals surface area (Å²) in [5.41, 5.74) is 0.990. The zero-order chi connectivity index (χ0) is 10.7. The van der Waals surface area contributed by atoms with E-state index in [1.807, 2.05) is 24.3 Å². The molecule has 0 atom stereocenters. The van der Waals surface area contributed by atoms with Crippen molar-refractivity contribution in [3.63, 3.8) is 0 Å². The van der Waals surface area contributed by atoms with Gasteiger partial charge in [0, 0.05) is 28.1 Å². The SMILES string of the molecule is O=CCc1cnc(-c2cccc(Cl)c2)s1. The van der Waals surface area contributed by atoms with Crippen molar-refractivity contribution in [1.82, 2.24) is 4.98 Å². The van der Waals surface area contributed by atoms with Crippen molar-refractivity contribution in [1.29, 1.82) is 0 Å². The van der Waals surface area contributed by atoms with E-state index in [1.165, 1.54) is 11.3 Å². The largest absolute Gasteiger partial charge is 0.303 e. The first kappa shape index (κ1) is 10.3.